The molecule has 0 saturated carbocycles. The molecule has 1 aromatic rings. The molecule has 106 valence electrons. The van der Waals surface area contributed by atoms with Crippen molar-refractivity contribution in [1.29, 1.82) is 0 Å². The molecule has 1 fully saturated rings. The summed E-state index contributed by atoms with van der Waals surface area (Å²) in [6.45, 7) is 7.78. The lowest BCUT2D eigenvalue weighted by Gasteiger charge is -2.29. The van der Waals surface area contributed by atoms with Gasteiger partial charge in [0, 0.05) is 38.3 Å². The first-order valence-electron chi connectivity index (χ1n) is 6.81. The van der Waals surface area contributed by atoms with Gasteiger partial charge < -0.3 is 14.8 Å². The van der Waals surface area contributed by atoms with Gasteiger partial charge in [0.15, 0.2) is 0 Å². The topological polar surface area (TPSA) is 46.6 Å². The van der Waals surface area contributed by atoms with E-state index in [9.17, 15) is 0 Å². The molecular weight excluding hydrogens is 242 g/mol. The standard InChI is InChI=1S/C14H23N3O2/c1-12(11-17-6-8-19-9-7-17)15-10-13-4-3-5-14(16-13)18-2/h3-5,12,15H,6-11H2,1-2H3. The summed E-state index contributed by atoms with van der Waals surface area (Å²) in [4.78, 5) is 6.82. The molecule has 0 spiro atoms. The van der Waals surface area contributed by atoms with Gasteiger partial charge in [0.2, 0.25) is 5.88 Å². The van der Waals surface area contributed by atoms with Crippen molar-refractivity contribution in [3.05, 3.63) is 23.9 Å². The van der Waals surface area contributed by atoms with Crippen molar-refractivity contribution in [3.8, 4) is 5.88 Å². The fraction of sp³-hybridized carbons (Fsp3) is 0.643. The van der Waals surface area contributed by atoms with Crippen molar-refractivity contribution in [2.45, 2.75) is 19.5 Å². The number of morpholine rings is 1. The minimum atomic E-state index is 0.436. The van der Waals surface area contributed by atoms with Crippen molar-refractivity contribution >= 4 is 0 Å². The van der Waals surface area contributed by atoms with E-state index in [4.69, 9.17) is 9.47 Å². The Morgan fingerprint density at radius 1 is 1.42 bits per heavy atom. The first-order valence-corrected chi connectivity index (χ1v) is 6.81. The molecule has 0 aromatic carbocycles. The Morgan fingerprint density at radius 3 is 2.95 bits per heavy atom. The van der Waals surface area contributed by atoms with Crippen LogP contribution in [0.5, 0.6) is 5.88 Å². The zero-order valence-corrected chi connectivity index (χ0v) is 11.8. The highest BCUT2D eigenvalue weighted by Gasteiger charge is 2.13. The van der Waals surface area contributed by atoms with Crippen LogP contribution in [-0.2, 0) is 11.3 Å². The molecule has 2 rings (SSSR count). The Kier molecular flexibility index (Phi) is 5.57. The van der Waals surface area contributed by atoms with Crippen LogP contribution < -0.4 is 10.1 Å². The summed E-state index contributed by atoms with van der Waals surface area (Å²) in [7, 11) is 1.64. The number of nitrogens with one attached hydrogen (secondary N) is 1. The van der Waals surface area contributed by atoms with Gasteiger partial charge in [-0.2, -0.15) is 0 Å². The molecule has 5 nitrogen and oxygen atoms in total. The van der Waals surface area contributed by atoms with Gasteiger partial charge in [-0.15, -0.1) is 0 Å². The van der Waals surface area contributed by atoms with Crippen molar-refractivity contribution < 1.29 is 9.47 Å². The smallest absolute Gasteiger partial charge is 0.213 e. The van der Waals surface area contributed by atoms with Crippen LogP contribution in [0, 0.1) is 0 Å². The Morgan fingerprint density at radius 2 is 2.21 bits per heavy atom. The second-order valence-corrected chi connectivity index (χ2v) is 4.87. The number of rotatable bonds is 6. The van der Waals surface area contributed by atoms with Crippen LogP contribution in [0.1, 0.15) is 12.6 Å². The summed E-state index contributed by atoms with van der Waals surface area (Å²) in [6, 6.07) is 6.28. The molecule has 1 aromatic heterocycles. The SMILES string of the molecule is COc1cccc(CNC(C)CN2CCOCC2)n1. The third-order valence-electron chi connectivity index (χ3n) is 3.26. The molecule has 0 aliphatic carbocycles. The lowest BCUT2D eigenvalue weighted by Crippen LogP contribution is -2.44. The minimum absolute atomic E-state index is 0.436. The molecule has 1 unspecified atom stereocenters. The van der Waals surface area contributed by atoms with Crippen LogP contribution in [0.25, 0.3) is 0 Å². The maximum absolute atomic E-state index is 5.35. The van der Waals surface area contributed by atoms with Crippen molar-refractivity contribution in [2.24, 2.45) is 0 Å². The Balaban J connectivity index is 1.74. The lowest BCUT2D eigenvalue weighted by atomic mass is 10.2. The molecule has 1 N–H and O–H groups in total. The predicted molar refractivity (Wildman–Crippen MR) is 74.3 cm³/mol. The fourth-order valence-electron chi connectivity index (χ4n) is 2.18. The van der Waals surface area contributed by atoms with Gasteiger partial charge in [0.1, 0.15) is 0 Å². The van der Waals surface area contributed by atoms with Gasteiger partial charge in [-0.3, -0.25) is 4.90 Å². The number of aromatic nitrogens is 1. The molecule has 1 atom stereocenters. The van der Waals surface area contributed by atoms with Gasteiger partial charge >= 0.3 is 0 Å². The molecular formula is C14H23N3O2. The average molecular weight is 265 g/mol. The van der Waals surface area contributed by atoms with Crippen LogP contribution in [-0.4, -0.2) is 55.9 Å². The highest BCUT2D eigenvalue weighted by molar-refractivity contribution is 5.15. The summed E-state index contributed by atoms with van der Waals surface area (Å²) in [6.07, 6.45) is 0. The van der Waals surface area contributed by atoms with Gasteiger partial charge in [-0.1, -0.05) is 6.07 Å². The maximum Gasteiger partial charge on any atom is 0.213 e. The van der Waals surface area contributed by atoms with Gasteiger partial charge in [0.05, 0.1) is 26.0 Å². The largest absolute Gasteiger partial charge is 0.481 e. The van der Waals surface area contributed by atoms with Gasteiger partial charge in [0.25, 0.3) is 0 Å². The van der Waals surface area contributed by atoms with Crippen LogP contribution in [0.15, 0.2) is 18.2 Å². The summed E-state index contributed by atoms with van der Waals surface area (Å²) in [5, 5.41) is 3.50. The summed E-state index contributed by atoms with van der Waals surface area (Å²) in [5.74, 6) is 0.667. The molecule has 0 radical (unpaired) electrons. The average Bonchev–Trinajstić information content (AvgIpc) is 2.46. The van der Waals surface area contributed by atoms with Crippen molar-refractivity contribution in [3.63, 3.8) is 0 Å². The van der Waals surface area contributed by atoms with E-state index in [-0.39, 0.29) is 0 Å². The number of pyridine rings is 1. The van der Waals surface area contributed by atoms with E-state index in [0.29, 0.717) is 11.9 Å². The zero-order chi connectivity index (χ0) is 13.5. The summed E-state index contributed by atoms with van der Waals surface area (Å²) in [5.41, 5.74) is 1.01. The minimum Gasteiger partial charge on any atom is -0.481 e. The zero-order valence-electron chi connectivity index (χ0n) is 11.8. The van der Waals surface area contributed by atoms with Crippen LogP contribution in [0.3, 0.4) is 0 Å². The van der Waals surface area contributed by atoms with Crippen LogP contribution >= 0.6 is 0 Å². The maximum atomic E-state index is 5.35. The van der Waals surface area contributed by atoms with E-state index in [1.807, 2.05) is 18.2 Å². The highest BCUT2D eigenvalue weighted by Crippen LogP contribution is 2.06. The molecule has 0 amide bonds. The quantitative estimate of drug-likeness (QED) is 0.828. The van der Waals surface area contributed by atoms with Gasteiger partial charge in [-0.25, -0.2) is 4.98 Å². The Hall–Kier alpha value is -1.17. The monoisotopic (exact) mass is 265 g/mol. The Bertz CT molecular complexity index is 381. The first-order chi connectivity index (χ1) is 9.28. The number of methoxy groups -OCH3 is 1. The van der Waals surface area contributed by atoms with Crippen molar-refractivity contribution in [1.82, 2.24) is 15.2 Å². The fourth-order valence-corrected chi connectivity index (χ4v) is 2.18. The third-order valence-corrected chi connectivity index (χ3v) is 3.26. The number of ether oxygens (including phenoxy) is 2. The van der Waals surface area contributed by atoms with E-state index in [1.54, 1.807) is 7.11 Å². The van der Waals surface area contributed by atoms with E-state index >= 15 is 0 Å². The Labute approximate surface area is 114 Å². The molecule has 2 heterocycles. The predicted octanol–water partition coefficient (Wildman–Crippen LogP) is 0.901. The first kappa shape index (κ1) is 14.2. The number of hydrogen-bond acceptors (Lipinski definition) is 5. The molecule has 1 saturated heterocycles. The molecule has 5 heteroatoms. The molecule has 0 bridgehead atoms. The second kappa shape index (κ2) is 7.43. The van der Waals surface area contributed by atoms with Gasteiger partial charge in [-0.05, 0) is 13.0 Å². The summed E-state index contributed by atoms with van der Waals surface area (Å²) < 4.78 is 10.5. The number of nitrogens with zero attached hydrogens (tertiary/aromatic N) is 2. The summed E-state index contributed by atoms with van der Waals surface area (Å²) >= 11 is 0. The van der Waals surface area contributed by atoms with Crippen molar-refractivity contribution in [2.75, 3.05) is 40.0 Å². The molecule has 1 aliphatic heterocycles. The highest BCUT2D eigenvalue weighted by atomic mass is 16.5. The third kappa shape index (κ3) is 4.78. The second-order valence-electron chi connectivity index (χ2n) is 4.87. The van der Waals surface area contributed by atoms with E-state index < -0.39 is 0 Å². The van der Waals surface area contributed by atoms with E-state index in [0.717, 1.165) is 45.1 Å². The van der Waals surface area contributed by atoms with Crippen LogP contribution in [0.2, 0.25) is 0 Å². The van der Waals surface area contributed by atoms with E-state index in [1.165, 1.54) is 0 Å². The molecule has 19 heavy (non-hydrogen) atoms. The lowest BCUT2D eigenvalue weighted by molar-refractivity contribution is 0.0343. The van der Waals surface area contributed by atoms with Crippen LogP contribution in [0.4, 0.5) is 0 Å². The normalized spacial score (nSPS) is 18.2. The number of hydrogen-bond donors (Lipinski definition) is 1. The molecule has 1 aliphatic rings. The van der Waals surface area contributed by atoms with E-state index in [2.05, 4.69) is 22.1 Å².